The SMILES string of the molecule is CN=C(/C=C(\N)C(F)(F)F)c1ccc(NCc2ccccc2F)c(F)c1. The van der Waals surface area contributed by atoms with Gasteiger partial charge in [-0.05, 0) is 24.3 Å². The van der Waals surface area contributed by atoms with Crippen LogP contribution in [0.5, 0.6) is 0 Å². The lowest BCUT2D eigenvalue weighted by Gasteiger charge is -2.11. The Morgan fingerprint density at radius 1 is 1.12 bits per heavy atom. The molecular weight excluding hydrogens is 353 g/mol. The quantitative estimate of drug-likeness (QED) is 0.606. The zero-order chi connectivity index (χ0) is 19.3. The van der Waals surface area contributed by atoms with Crippen LogP contribution in [0.2, 0.25) is 0 Å². The van der Waals surface area contributed by atoms with E-state index in [4.69, 9.17) is 5.73 Å². The van der Waals surface area contributed by atoms with E-state index in [0.29, 0.717) is 11.6 Å². The van der Waals surface area contributed by atoms with Crippen LogP contribution in [0.4, 0.5) is 27.6 Å². The number of halogens is 5. The van der Waals surface area contributed by atoms with E-state index in [1.165, 1.54) is 25.2 Å². The van der Waals surface area contributed by atoms with Gasteiger partial charge in [0.25, 0.3) is 0 Å². The van der Waals surface area contributed by atoms with E-state index in [1.807, 2.05) is 0 Å². The second kappa shape index (κ2) is 7.99. The Morgan fingerprint density at radius 3 is 2.38 bits per heavy atom. The molecule has 26 heavy (non-hydrogen) atoms. The summed E-state index contributed by atoms with van der Waals surface area (Å²) in [7, 11) is 1.28. The molecule has 0 spiro atoms. The molecule has 3 N–H and O–H groups in total. The summed E-state index contributed by atoms with van der Waals surface area (Å²) in [4.78, 5) is 3.71. The van der Waals surface area contributed by atoms with Crippen LogP contribution < -0.4 is 11.1 Å². The third kappa shape index (κ3) is 4.81. The van der Waals surface area contributed by atoms with E-state index in [0.717, 1.165) is 6.07 Å². The Labute approximate surface area is 147 Å². The van der Waals surface area contributed by atoms with Gasteiger partial charge in [-0.1, -0.05) is 24.3 Å². The number of alkyl halides is 3. The van der Waals surface area contributed by atoms with Gasteiger partial charge in [-0.25, -0.2) is 8.78 Å². The summed E-state index contributed by atoms with van der Waals surface area (Å²) in [5, 5.41) is 2.74. The number of hydrogen-bond donors (Lipinski definition) is 2. The van der Waals surface area contributed by atoms with Crippen LogP contribution in [0.1, 0.15) is 11.1 Å². The first-order valence-corrected chi connectivity index (χ1v) is 7.50. The third-order valence-electron chi connectivity index (χ3n) is 3.55. The van der Waals surface area contributed by atoms with Crippen molar-refractivity contribution in [3.8, 4) is 0 Å². The van der Waals surface area contributed by atoms with Crippen LogP contribution >= 0.6 is 0 Å². The fourth-order valence-electron chi connectivity index (χ4n) is 2.16. The minimum Gasteiger partial charge on any atom is -0.395 e. The average Bonchev–Trinajstić information content (AvgIpc) is 2.58. The van der Waals surface area contributed by atoms with Gasteiger partial charge in [0.1, 0.15) is 17.3 Å². The predicted octanol–water partition coefficient (Wildman–Crippen LogP) is 4.40. The maximum absolute atomic E-state index is 14.2. The van der Waals surface area contributed by atoms with Crippen LogP contribution in [0.15, 0.2) is 59.2 Å². The number of anilines is 1. The van der Waals surface area contributed by atoms with Crippen LogP contribution in [0.25, 0.3) is 0 Å². The van der Waals surface area contributed by atoms with Gasteiger partial charge in [0, 0.05) is 24.7 Å². The molecule has 0 bridgehead atoms. The molecule has 3 nitrogen and oxygen atoms in total. The van der Waals surface area contributed by atoms with Crippen LogP contribution in [0, 0.1) is 11.6 Å². The van der Waals surface area contributed by atoms with Gasteiger partial charge in [0.05, 0.1) is 11.4 Å². The number of benzene rings is 2. The normalized spacial score (nSPS) is 13.0. The zero-order valence-electron chi connectivity index (χ0n) is 13.7. The lowest BCUT2D eigenvalue weighted by molar-refractivity contribution is -0.0925. The van der Waals surface area contributed by atoms with E-state index in [9.17, 15) is 22.0 Å². The highest BCUT2D eigenvalue weighted by Gasteiger charge is 2.31. The number of hydrogen-bond acceptors (Lipinski definition) is 3. The van der Waals surface area contributed by atoms with E-state index >= 15 is 0 Å². The Bertz CT molecular complexity index is 841. The third-order valence-corrected chi connectivity index (χ3v) is 3.55. The van der Waals surface area contributed by atoms with Gasteiger partial charge in [-0.3, -0.25) is 4.99 Å². The summed E-state index contributed by atoms with van der Waals surface area (Å²) in [6.07, 6.45) is -4.06. The molecule has 138 valence electrons. The van der Waals surface area contributed by atoms with E-state index in [1.54, 1.807) is 18.2 Å². The van der Waals surface area contributed by atoms with Crippen molar-refractivity contribution in [2.45, 2.75) is 12.7 Å². The molecule has 0 amide bonds. The van der Waals surface area contributed by atoms with Crippen LogP contribution in [0.3, 0.4) is 0 Å². The fraction of sp³-hybridized carbons (Fsp3) is 0.167. The Kier molecular flexibility index (Phi) is 5.97. The molecule has 0 aliphatic rings. The smallest absolute Gasteiger partial charge is 0.395 e. The molecule has 0 aliphatic heterocycles. The monoisotopic (exact) mass is 369 g/mol. The first-order valence-electron chi connectivity index (χ1n) is 7.50. The summed E-state index contributed by atoms with van der Waals surface area (Å²) in [5.74, 6) is -1.14. The van der Waals surface area contributed by atoms with Crippen molar-refractivity contribution >= 4 is 11.4 Å². The molecule has 0 aliphatic carbocycles. The lowest BCUT2D eigenvalue weighted by atomic mass is 10.1. The zero-order valence-corrected chi connectivity index (χ0v) is 13.7. The number of nitrogens with zero attached hydrogens (tertiary/aromatic N) is 1. The van der Waals surface area contributed by atoms with E-state index in [-0.39, 0.29) is 23.5 Å². The Hall–Kier alpha value is -2.90. The minimum atomic E-state index is -4.70. The first-order chi connectivity index (χ1) is 12.2. The highest BCUT2D eigenvalue weighted by molar-refractivity contribution is 6.09. The molecule has 2 rings (SSSR count). The van der Waals surface area contributed by atoms with Crippen molar-refractivity contribution in [2.75, 3.05) is 12.4 Å². The standard InChI is InChI=1S/C18H16F5N3/c1-25-16(9-17(24)18(21,22)23)11-6-7-15(14(20)8-11)26-10-12-4-2-3-5-13(12)19/h2-9,26H,10,24H2,1H3/b17-9-,25-16?. The van der Waals surface area contributed by atoms with Gasteiger partial charge in [-0.15, -0.1) is 0 Å². The molecule has 0 aromatic heterocycles. The molecule has 0 unspecified atom stereocenters. The predicted molar refractivity (Wildman–Crippen MR) is 90.9 cm³/mol. The molecule has 0 atom stereocenters. The van der Waals surface area contributed by atoms with Crippen LogP contribution in [-0.4, -0.2) is 18.9 Å². The number of aliphatic imine (C=N–C) groups is 1. The summed E-state index contributed by atoms with van der Waals surface area (Å²) < 4.78 is 65.4. The van der Waals surface area contributed by atoms with Crippen molar-refractivity contribution in [3.05, 3.63) is 77.0 Å². The van der Waals surface area contributed by atoms with Crippen molar-refractivity contribution in [2.24, 2.45) is 10.7 Å². The summed E-state index contributed by atoms with van der Waals surface area (Å²) >= 11 is 0. The van der Waals surface area contributed by atoms with E-state index < -0.39 is 23.5 Å². The van der Waals surface area contributed by atoms with Gasteiger partial charge >= 0.3 is 6.18 Å². The molecule has 0 radical (unpaired) electrons. The van der Waals surface area contributed by atoms with Gasteiger partial charge in [0.2, 0.25) is 0 Å². The highest BCUT2D eigenvalue weighted by atomic mass is 19.4. The number of allylic oxidation sites excluding steroid dienone is 2. The maximum atomic E-state index is 14.2. The number of nitrogens with one attached hydrogen (secondary N) is 1. The second-order valence-corrected chi connectivity index (χ2v) is 5.35. The summed E-state index contributed by atoms with van der Waals surface area (Å²) in [6.45, 7) is 0.0542. The van der Waals surface area contributed by atoms with Gasteiger partial charge in [-0.2, -0.15) is 13.2 Å². The molecule has 0 fully saturated rings. The average molecular weight is 369 g/mol. The molecular formula is C18H16F5N3. The largest absolute Gasteiger partial charge is 0.430 e. The Morgan fingerprint density at radius 2 is 1.81 bits per heavy atom. The Balaban J connectivity index is 2.19. The van der Waals surface area contributed by atoms with Crippen molar-refractivity contribution in [3.63, 3.8) is 0 Å². The van der Waals surface area contributed by atoms with Crippen molar-refractivity contribution in [1.82, 2.24) is 0 Å². The number of rotatable bonds is 5. The molecule has 2 aromatic carbocycles. The fourth-order valence-corrected chi connectivity index (χ4v) is 2.16. The summed E-state index contributed by atoms with van der Waals surface area (Å²) in [6, 6.07) is 9.82. The topological polar surface area (TPSA) is 50.4 Å². The maximum Gasteiger partial charge on any atom is 0.430 e. The second-order valence-electron chi connectivity index (χ2n) is 5.35. The molecule has 8 heteroatoms. The van der Waals surface area contributed by atoms with Gasteiger partial charge < -0.3 is 11.1 Å². The van der Waals surface area contributed by atoms with E-state index in [2.05, 4.69) is 10.3 Å². The minimum absolute atomic E-state index is 0.0542. The molecule has 0 heterocycles. The van der Waals surface area contributed by atoms with Crippen molar-refractivity contribution in [1.29, 1.82) is 0 Å². The highest BCUT2D eigenvalue weighted by Crippen LogP contribution is 2.23. The molecule has 0 saturated heterocycles. The summed E-state index contributed by atoms with van der Waals surface area (Å²) in [5.41, 5.74) is 4.10. The van der Waals surface area contributed by atoms with Crippen molar-refractivity contribution < 1.29 is 22.0 Å². The van der Waals surface area contributed by atoms with Crippen LogP contribution in [-0.2, 0) is 6.54 Å². The first kappa shape index (κ1) is 19.4. The van der Waals surface area contributed by atoms with Gasteiger partial charge in [0.15, 0.2) is 0 Å². The lowest BCUT2D eigenvalue weighted by Crippen LogP contribution is -2.21. The molecule has 2 aromatic rings. The molecule has 0 saturated carbocycles. The number of nitrogens with two attached hydrogens (primary N) is 1.